The lowest BCUT2D eigenvalue weighted by Gasteiger charge is -2.30. The lowest BCUT2D eigenvalue weighted by molar-refractivity contribution is -0.136. The van der Waals surface area contributed by atoms with Crippen molar-refractivity contribution in [2.45, 2.75) is 31.8 Å². The zero-order valence-corrected chi connectivity index (χ0v) is 21.0. The van der Waals surface area contributed by atoms with Crippen molar-refractivity contribution in [3.63, 3.8) is 0 Å². The van der Waals surface area contributed by atoms with Gasteiger partial charge in [-0.15, -0.1) is 0 Å². The van der Waals surface area contributed by atoms with Gasteiger partial charge in [0.05, 0.1) is 24.8 Å². The maximum atomic E-state index is 13.1. The monoisotopic (exact) mass is 515 g/mol. The molecular formula is C28H29N5O5. The molecule has 0 aliphatic carbocycles. The molecule has 2 fully saturated rings. The highest BCUT2D eigenvalue weighted by Gasteiger charge is 2.39. The number of carbonyl (C=O) groups excluding carboxylic acids is 4. The minimum atomic E-state index is -1.04. The molecular weight excluding hydrogens is 486 g/mol. The second-order valence-corrected chi connectivity index (χ2v) is 9.53. The Morgan fingerprint density at radius 3 is 2.55 bits per heavy atom. The fourth-order valence-corrected chi connectivity index (χ4v) is 4.88. The molecule has 10 nitrogen and oxygen atoms in total. The van der Waals surface area contributed by atoms with E-state index in [1.54, 1.807) is 17.0 Å². The summed E-state index contributed by atoms with van der Waals surface area (Å²) in [7, 11) is 0. The molecule has 2 aromatic carbocycles. The van der Waals surface area contributed by atoms with Gasteiger partial charge in [0.15, 0.2) is 0 Å². The van der Waals surface area contributed by atoms with Crippen LogP contribution in [0.4, 0.5) is 4.79 Å². The zero-order chi connectivity index (χ0) is 26.6. The van der Waals surface area contributed by atoms with E-state index in [1.165, 1.54) is 0 Å². The number of nitrogens with one attached hydrogen (secondary N) is 3. The Bertz CT molecular complexity index is 1380. The summed E-state index contributed by atoms with van der Waals surface area (Å²) in [6.45, 7) is 3.72. The molecule has 2 atom stereocenters. The number of nitrogens with zero attached hydrogens (tertiary/aromatic N) is 2. The van der Waals surface area contributed by atoms with Gasteiger partial charge in [-0.05, 0) is 48.7 Å². The Labute approximate surface area is 219 Å². The van der Waals surface area contributed by atoms with Crippen LogP contribution in [0.5, 0.6) is 0 Å². The van der Waals surface area contributed by atoms with E-state index in [0.29, 0.717) is 38.3 Å². The molecule has 2 aliphatic rings. The van der Waals surface area contributed by atoms with Gasteiger partial charge in [0.2, 0.25) is 5.91 Å². The Morgan fingerprint density at radius 1 is 1.11 bits per heavy atom. The van der Waals surface area contributed by atoms with Crippen molar-refractivity contribution < 1.29 is 23.9 Å². The first kappa shape index (κ1) is 25.3. The number of fused-ring (bicyclic) bond motifs is 1. The van der Waals surface area contributed by atoms with Gasteiger partial charge in [-0.3, -0.25) is 24.7 Å². The van der Waals surface area contributed by atoms with Crippen LogP contribution in [0.2, 0.25) is 0 Å². The molecule has 1 aromatic heterocycles. The fourth-order valence-electron chi connectivity index (χ4n) is 4.88. The molecule has 0 radical (unpaired) electrons. The first-order chi connectivity index (χ1) is 18.4. The Balaban J connectivity index is 1.30. The second kappa shape index (κ2) is 11.0. The van der Waals surface area contributed by atoms with E-state index < -0.39 is 29.9 Å². The molecule has 196 valence electrons. The number of pyridine rings is 1. The number of morpholine rings is 1. The molecule has 0 spiro atoms. The summed E-state index contributed by atoms with van der Waals surface area (Å²) in [6.07, 6.45) is 0.549. The highest BCUT2D eigenvalue weighted by Crippen LogP contribution is 2.21. The smallest absolute Gasteiger partial charge is 0.322 e. The molecule has 5 amide bonds. The first-order valence-corrected chi connectivity index (χ1v) is 12.6. The predicted molar refractivity (Wildman–Crippen MR) is 139 cm³/mol. The average Bonchev–Trinajstić information content (AvgIpc) is 3.26. The van der Waals surface area contributed by atoms with Crippen molar-refractivity contribution in [2.24, 2.45) is 0 Å². The third kappa shape index (κ3) is 5.65. The maximum absolute atomic E-state index is 13.1. The number of carbonyl (C=O) groups is 4. The van der Waals surface area contributed by atoms with Crippen molar-refractivity contribution in [2.75, 3.05) is 26.3 Å². The number of para-hydroxylation sites is 1. The van der Waals surface area contributed by atoms with Crippen molar-refractivity contribution >= 4 is 34.7 Å². The lowest BCUT2D eigenvalue weighted by Crippen LogP contribution is -2.54. The Hall–Kier alpha value is -4.31. The average molecular weight is 516 g/mol. The summed E-state index contributed by atoms with van der Waals surface area (Å²) < 4.78 is 5.29. The maximum Gasteiger partial charge on any atom is 0.322 e. The molecule has 3 heterocycles. The quantitative estimate of drug-likeness (QED) is 0.411. The molecule has 2 saturated heterocycles. The lowest BCUT2D eigenvalue weighted by atomic mass is 9.99. The van der Waals surface area contributed by atoms with Gasteiger partial charge in [0, 0.05) is 36.2 Å². The molecule has 0 saturated carbocycles. The first-order valence-electron chi connectivity index (χ1n) is 12.6. The Morgan fingerprint density at radius 2 is 1.84 bits per heavy atom. The second-order valence-electron chi connectivity index (χ2n) is 9.53. The normalized spacial score (nSPS) is 18.1. The van der Waals surface area contributed by atoms with Crippen LogP contribution in [0.15, 0.2) is 54.6 Å². The van der Waals surface area contributed by atoms with E-state index in [1.807, 2.05) is 37.3 Å². The summed E-state index contributed by atoms with van der Waals surface area (Å²) >= 11 is 0. The van der Waals surface area contributed by atoms with Crippen molar-refractivity contribution in [1.29, 1.82) is 0 Å². The summed E-state index contributed by atoms with van der Waals surface area (Å²) in [5.41, 5.74) is 4.45. The van der Waals surface area contributed by atoms with Crippen LogP contribution in [-0.4, -0.2) is 72.0 Å². The number of benzene rings is 2. The molecule has 10 heteroatoms. The number of urea groups is 1. The standard InChI is InChI=1S/C28H29N5O5/c1-17-14-20(21-4-2-3-5-22(21)29-17)15-18-6-8-19(9-7-18)26(35)30-23(25-27(36)32-28(37)31-25)16-24(34)33-10-12-38-13-11-33/h2-9,14,23,25H,10-13,15-16H2,1H3,(H,30,35)(H2,31,32,36,37). The third-order valence-electron chi connectivity index (χ3n) is 6.82. The molecule has 38 heavy (non-hydrogen) atoms. The fraction of sp³-hybridized carbons (Fsp3) is 0.321. The van der Waals surface area contributed by atoms with Crippen LogP contribution in [0.1, 0.15) is 33.6 Å². The number of aryl methyl sites for hydroxylation is 1. The number of hydrogen-bond acceptors (Lipinski definition) is 6. The summed E-state index contributed by atoms with van der Waals surface area (Å²) in [5.74, 6) is -1.23. The van der Waals surface area contributed by atoms with Crippen molar-refractivity contribution in [1.82, 2.24) is 25.8 Å². The Kier molecular flexibility index (Phi) is 7.32. The largest absolute Gasteiger partial charge is 0.378 e. The van der Waals surface area contributed by atoms with E-state index in [9.17, 15) is 19.2 Å². The molecule has 2 aliphatic heterocycles. The van der Waals surface area contributed by atoms with Gasteiger partial charge < -0.3 is 20.3 Å². The summed E-state index contributed by atoms with van der Waals surface area (Å²) in [4.78, 5) is 56.3. The minimum absolute atomic E-state index is 0.128. The molecule has 5 rings (SSSR count). The van der Waals surface area contributed by atoms with Gasteiger partial charge in [-0.25, -0.2) is 4.79 Å². The van der Waals surface area contributed by atoms with Crippen LogP contribution < -0.4 is 16.0 Å². The third-order valence-corrected chi connectivity index (χ3v) is 6.82. The van der Waals surface area contributed by atoms with E-state index >= 15 is 0 Å². The van der Waals surface area contributed by atoms with Gasteiger partial charge in [0.1, 0.15) is 6.04 Å². The van der Waals surface area contributed by atoms with Gasteiger partial charge in [0.25, 0.3) is 11.8 Å². The van der Waals surface area contributed by atoms with Crippen LogP contribution in [0.25, 0.3) is 10.9 Å². The number of amides is 5. The number of hydrogen-bond donors (Lipinski definition) is 3. The van der Waals surface area contributed by atoms with Crippen LogP contribution in [0, 0.1) is 6.92 Å². The zero-order valence-electron chi connectivity index (χ0n) is 21.0. The number of imide groups is 1. The number of aromatic nitrogens is 1. The number of ether oxygens (including phenoxy) is 1. The predicted octanol–water partition coefficient (Wildman–Crippen LogP) is 1.69. The highest BCUT2D eigenvalue weighted by atomic mass is 16.5. The summed E-state index contributed by atoms with van der Waals surface area (Å²) in [5, 5.41) is 8.56. The van der Waals surface area contributed by atoms with Crippen molar-refractivity contribution in [3.8, 4) is 0 Å². The topological polar surface area (TPSA) is 130 Å². The molecule has 0 bridgehead atoms. The van der Waals surface area contributed by atoms with E-state index in [-0.39, 0.29) is 12.3 Å². The molecule has 3 N–H and O–H groups in total. The highest BCUT2D eigenvalue weighted by molar-refractivity contribution is 6.05. The van der Waals surface area contributed by atoms with Crippen LogP contribution in [-0.2, 0) is 20.7 Å². The molecule has 3 aromatic rings. The van der Waals surface area contributed by atoms with Crippen LogP contribution >= 0.6 is 0 Å². The minimum Gasteiger partial charge on any atom is -0.378 e. The van der Waals surface area contributed by atoms with E-state index in [4.69, 9.17) is 4.74 Å². The van der Waals surface area contributed by atoms with Gasteiger partial charge in [-0.2, -0.15) is 0 Å². The van der Waals surface area contributed by atoms with Crippen molar-refractivity contribution in [3.05, 3.63) is 77.0 Å². The van der Waals surface area contributed by atoms with E-state index in [0.717, 1.165) is 27.7 Å². The van der Waals surface area contributed by atoms with Gasteiger partial charge >= 0.3 is 6.03 Å². The number of rotatable bonds is 7. The molecule has 2 unspecified atom stereocenters. The van der Waals surface area contributed by atoms with Gasteiger partial charge in [-0.1, -0.05) is 30.3 Å². The summed E-state index contributed by atoms with van der Waals surface area (Å²) in [6, 6.07) is 14.7. The van der Waals surface area contributed by atoms with Crippen LogP contribution in [0.3, 0.4) is 0 Å². The SMILES string of the molecule is Cc1cc(Cc2ccc(C(=O)NC(CC(=O)N3CCOCC3)C3NC(=O)NC3=O)cc2)c2ccccc2n1. The van der Waals surface area contributed by atoms with E-state index in [2.05, 4.69) is 33.1 Å².